The van der Waals surface area contributed by atoms with Crippen LogP contribution < -0.4 is 19.9 Å². The number of methoxy groups -OCH3 is 1. The Balaban J connectivity index is 1.59. The molecule has 2 aromatic rings. The summed E-state index contributed by atoms with van der Waals surface area (Å²) in [7, 11) is 1.73. The van der Waals surface area contributed by atoms with E-state index < -0.39 is 0 Å². The molecule has 3 rings (SSSR count). The highest BCUT2D eigenvalue weighted by atomic mass is 16.5. The van der Waals surface area contributed by atoms with Crippen LogP contribution in [0.1, 0.15) is 20.3 Å². The van der Waals surface area contributed by atoms with E-state index in [4.69, 9.17) is 4.74 Å². The molecule has 0 amide bonds. The van der Waals surface area contributed by atoms with E-state index in [-0.39, 0.29) is 0 Å². The molecule has 1 N–H and O–H groups in total. The van der Waals surface area contributed by atoms with Gasteiger partial charge in [-0.25, -0.2) is 4.98 Å². The summed E-state index contributed by atoms with van der Waals surface area (Å²) >= 11 is 0. The lowest BCUT2D eigenvalue weighted by Gasteiger charge is -2.37. The zero-order valence-electron chi connectivity index (χ0n) is 16.0. The van der Waals surface area contributed by atoms with E-state index in [1.165, 1.54) is 0 Å². The fraction of sp³-hybridized carbons (Fsp3) is 0.500. The van der Waals surface area contributed by atoms with Gasteiger partial charge in [0.25, 0.3) is 0 Å². The molecule has 1 aromatic heterocycles. The van der Waals surface area contributed by atoms with Crippen molar-refractivity contribution in [1.82, 2.24) is 9.97 Å². The van der Waals surface area contributed by atoms with Crippen LogP contribution in [0.3, 0.4) is 0 Å². The second kappa shape index (κ2) is 8.74. The summed E-state index contributed by atoms with van der Waals surface area (Å²) in [4.78, 5) is 13.7. The third-order valence-electron chi connectivity index (χ3n) is 4.68. The number of hydrogen-bond donors (Lipinski definition) is 1. The van der Waals surface area contributed by atoms with E-state index in [0.29, 0.717) is 5.92 Å². The van der Waals surface area contributed by atoms with E-state index in [1.807, 2.05) is 24.4 Å². The molecule has 6 nitrogen and oxygen atoms in total. The molecule has 0 saturated carbocycles. The maximum Gasteiger partial charge on any atom is 0.224 e. The van der Waals surface area contributed by atoms with E-state index >= 15 is 0 Å². The Morgan fingerprint density at radius 3 is 2.54 bits per heavy atom. The lowest BCUT2D eigenvalue weighted by Crippen LogP contribution is -2.47. The Morgan fingerprint density at radius 1 is 1.08 bits per heavy atom. The van der Waals surface area contributed by atoms with Crippen LogP contribution in [0.2, 0.25) is 0 Å². The maximum atomic E-state index is 5.50. The van der Waals surface area contributed by atoms with Gasteiger partial charge in [-0.2, -0.15) is 4.98 Å². The van der Waals surface area contributed by atoms with Crippen LogP contribution >= 0.6 is 0 Å². The van der Waals surface area contributed by atoms with Gasteiger partial charge in [-0.1, -0.05) is 26.0 Å². The van der Waals surface area contributed by atoms with E-state index in [2.05, 4.69) is 51.1 Å². The molecule has 2 heterocycles. The first kappa shape index (κ1) is 18.3. The first-order valence-electron chi connectivity index (χ1n) is 9.37. The number of nitrogens with one attached hydrogen (secondary N) is 1. The number of rotatable bonds is 7. The third kappa shape index (κ3) is 4.56. The topological polar surface area (TPSA) is 53.5 Å². The van der Waals surface area contributed by atoms with Crippen molar-refractivity contribution in [3.63, 3.8) is 0 Å². The van der Waals surface area contributed by atoms with Gasteiger partial charge >= 0.3 is 0 Å². The summed E-state index contributed by atoms with van der Waals surface area (Å²) in [5.74, 6) is 3.32. The maximum absolute atomic E-state index is 5.50. The summed E-state index contributed by atoms with van der Waals surface area (Å²) in [6, 6.07) is 10.2. The van der Waals surface area contributed by atoms with Crippen LogP contribution in [0, 0.1) is 5.92 Å². The first-order valence-corrected chi connectivity index (χ1v) is 9.37. The molecule has 0 bridgehead atoms. The summed E-state index contributed by atoms with van der Waals surface area (Å²) in [5.41, 5.74) is 1.16. The number of para-hydroxylation sites is 2. The highest BCUT2D eigenvalue weighted by Gasteiger charge is 2.20. The SMILES string of the molecule is COc1ccccc1N1CCN(c2ccnc(NCCC(C)C)n2)CC1. The Kier molecular flexibility index (Phi) is 6.15. The molecule has 0 spiro atoms. The molecule has 140 valence electrons. The van der Waals surface area contributed by atoms with Crippen LogP contribution in [0.15, 0.2) is 36.5 Å². The van der Waals surface area contributed by atoms with E-state index in [9.17, 15) is 0 Å². The molecular formula is C20H29N5O. The third-order valence-corrected chi connectivity index (χ3v) is 4.68. The Morgan fingerprint density at radius 2 is 1.81 bits per heavy atom. The number of benzene rings is 1. The summed E-state index contributed by atoms with van der Waals surface area (Å²) in [6.45, 7) is 9.10. The lowest BCUT2D eigenvalue weighted by atomic mass is 10.1. The van der Waals surface area contributed by atoms with Gasteiger partial charge in [0.2, 0.25) is 5.95 Å². The summed E-state index contributed by atoms with van der Waals surface area (Å²) in [6.07, 6.45) is 2.96. The van der Waals surface area contributed by atoms with Gasteiger partial charge < -0.3 is 19.9 Å². The number of hydrogen-bond acceptors (Lipinski definition) is 6. The molecule has 0 atom stereocenters. The lowest BCUT2D eigenvalue weighted by molar-refractivity contribution is 0.413. The van der Waals surface area contributed by atoms with Gasteiger partial charge in [0.1, 0.15) is 11.6 Å². The van der Waals surface area contributed by atoms with Gasteiger partial charge in [-0.05, 0) is 30.5 Å². The average Bonchev–Trinajstić information content (AvgIpc) is 2.68. The molecule has 1 aromatic carbocycles. The van der Waals surface area contributed by atoms with Gasteiger partial charge in [0.15, 0.2) is 0 Å². The average molecular weight is 355 g/mol. The molecule has 1 fully saturated rings. The quantitative estimate of drug-likeness (QED) is 0.823. The van der Waals surface area contributed by atoms with Crippen molar-refractivity contribution in [2.24, 2.45) is 5.92 Å². The minimum Gasteiger partial charge on any atom is -0.495 e. The van der Waals surface area contributed by atoms with Crippen LogP contribution in [0.25, 0.3) is 0 Å². The second-order valence-electron chi connectivity index (χ2n) is 6.99. The largest absolute Gasteiger partial charge is 0.495 e. The number of ether oxygens (including phenoxy) is 1. The first-order chi connectivity index (χ1) is 12.7. The monoisotopic (exact) mass is 355 g/mol. The van der Waals surface area contributed by atoms with Gasteiger partial charge in [-0.15, -0.1) is 0 Å². The smallest absolute Gasteiger partial charge is 0.224 e. The van der Waals surface area contributed by atoms with Crippen molar-refractivity contribution in [2.75, 3.05) is 55.0 Å². The molecule has 0 unspecified atom stereocenters. The Bertz CT molecular complexity index is 698. The molecule has 26 heavy (non-hydrogen) atoms. The number of piperazine rings is 1. The highest BCUT2D eigenvalue weighted by molar-refractivity contribution is 5.59. The van der Waals surface area contributed by atoms with Gasteiger partial charge in [0.05, 0.1) is 12.8 Å². The van der Waals surface area contributed by atoms with Crippen LogP contribution in [-0.2, 0) is 0 Å². The van der Waals surface area contributed by atoms with Gasteiger partial charge in [-0.3, -0.25) is 0 Å². The van der Waals surface area contributed by atoms with Crippen molar-refractivity contribution in [2.45, 2.75) is 20.3 Å². The van der Waals surface area contributed by atoms with E-state index in [1.54, 1.807) is 7.11 Å². The second-order valence-corrected chi connectivity index (χ2v) is 6.99. The highest BCUT2D eigenvalue weighted by Crippen LogP contribution is 2.29. The summed E-state index contributed by atoms with van der Waals surface area (Å²) < 4.78 is 5.50. The van der Waals surface area contributed by atoms with Crippen LogP contribution in [-0.4, -0.2) is 49.8 Å². The standard InChI is InChI=1S/C20H29N5O/c1-16(2)8-10-21-20-22-11-9-19(23-20)25-14-12-24(13-15-25)17-6-4-5-7-18(17)26-3/h4-7,9,11,16H,8,10,12-15H2,1-3H3,(H,21,22,23). The molecule has 0 radical (unpaired) electrons. The molecular weight excluding hydrogens is 326 g/mol. The van der Waals surface area contributed by atoms with Gasteiger partial charge in [0, 0.05) is 38.9 Å². The molecule has 0 aliphatic carbocycles. The fourth-order valence-electron chi connectivity index (χ4n) is 3.15. The van der Waals surface area contributed by atoms with Crippen LogP contribution in [0.4, 0.5) is 17.5 Å². The Labute approximate surface area is 156 Å². The summed E-state index contributed by atoms with van der Waals surface area (Å²) in [5, 5.41) is 3.33. The predicted octanol–water partition coefficient (Wildman–Crippen LogP) is 3.27. The van der Waals surface area contributed by atoms with Crippen molar-refractivity contribution < 1.29 is 4.74 Å². The number of aromatic nitrogens is 2. The molecule has 6 heteroatoms. The van der Waals surface area contributed by atoms with Crippen molar-refractivity contribution >= 4 is 17.5 Å². The number of nitrogens with zero attached hydrogens (tertiary/aromatic N) is 4. The molecule has 1 aliphatic rings. The van der Waals surface area contributed by atoms with E-state index in [0.717, 1.165) is 62.3 Å². The minimum absolute atomic E-state index is 0.675. The van der Waals surface area contributed by atoms with Crippen molar-refractivity contribution in [3.05, 3.63) is 36.5 Å². The molecule has 1 saturated heterocycles. The zero-order chi connectivity index (χ0) is 18.4. The van der Waals surface area contributed by atoms with Crippen molar-refractivity contribution in [3.8, 4) is 5.75 Å². The minimum atomic E-state index is 0.675. The fourth-order valence-corrected chi connectivity index (χ4v) is 3.15. The Hall–Kier alpha value is -2.50. The van der Waals surface area contributed by atoms with Crippen LogP contribution in [0.5, 0.6) is 5.75 Å². The predicted molar refractivity (Wildman–Crippen MR) is 107 cm³/mol. The zero-order valence-corrected chi connectivity index (χ0v) is 16.0. The van der Waals surface area contributed by atoms with Crippen molar-refractivity contribution in [1.29, 1.82) is 0 Å². The molecule has 1 aliphatic heterocycles. The number of anilines is 3. The normalized spacial score (nSPS) is 14.6.